The molecule has 1 aliphatic carbocycles. The summed E-state index contributed by atoms with van der Waals surface area (Å²) in [5.41, 5.74) is 1.03. The molecule has 0 saturated heterocycles. The maximum absolute atomic E-state index is 13.9. The second-order valence-corrected chi connectivity index (χ2v) is 10.4. The number of ether oxygens (including phenoxy) is 2. The third kappa shape index (κ3) is 9.25. The minimum atomic E-state index is -0.983. The van der Waals surface area contributed by atoms with Gasteiger partial charge in [0.1, 0.15) is 17.7 Å². The van der Waals surface area contributed by atoms with Crippen LogP contribution < -0.4 is 10.6 Å². The van der Waals surface area contributed by atoms with E-state index in [1.807, 2.05) is 31.2 Å². The van der Waals surface area contributed by atoms with Crippen LogP contribution in [0.2, 0.25) is 0 Å². The first-order chi connectivity index (χ1) is 17.5. The fourth-order valence-electron chi connectivity index (χ4n) is 3.99. The molecule has 1 aromatic rings. The molecule has 1 aromatic carbocycles. The zero-order valence-electron chi connectivity index (χ0n) is 22.5. The Hall–Kier alpha value is -2.75. The number of aryl methyl sites for hydroxylation is 1. The van der Waals surface area contributed by atoms with Crippen LogP contribution in [0.1, 0.15) is 77.5 Å². The number of benzene rings is 1. The molecule has 3 amide bonds. The molecular formula is C27H41N3O6S. The number of carbonyl (C=O) groups is 4. The molecule has 37 heavy (non-hydrogen) atoms. The number of thiol groups is 1. The molecule has 0 spiro atoms. The lowest BCUT2D eigenvalue weighted by atomic mass is 9.88. The lowest BCUT2D eigenvalue weighted by molar-refractivity contribution is -0.147. The van der Waals surface area contributed by atoms with Crippen molar-refractivity contribution in [2.75, 3.05) is 18.9 Å². The highest BCUT2D eigenvalue weighted by molar-refractivity contribution is 7.80. The Morgan fingerprint density at radius 3 is 2.24 bits per heavy atom. The van der Waals surface area contributed by atoms with E-state index in [-0.39, 0.29) is 31.4 Å². The van der Waals surface area contributed by atoms with Crippen molar-refractivity contribution in [3.8, 4) is 0 Å². The van der Waals surface area contributed by atoms with E-state index in [1.54, 1.807) is 32.6 Å². The van der Waals surface area contributed by atoms with Gasteiger partial charge in [0.15, 0.2) is 0 Å². The van der Waals surface area contributed by atoms with Crippen LogP contribution in [-0.4, -0.2) is 65.4 Å². The number of hydrogen-bond donors (Lipinski definition) is 3. The number of rotatable bonds is 12. The summed E-state index contributed by atoms with van der Waals surface area (Å²) in [6, 6.07) is 5.49. The summed E-state index contributed by atoms with van der Waals surface area (Å²) in [7, 11) is 0. The number of amides is 3. The number of carbonyl (C=O) groups excluding carboxylic acids is 4. The largest absolute Gasteiger partial charge is 0.466 e. The van der Waals surface area contributed by atoms with Crippen molar-refractivity contribution in [3.63, 3.8) is 0 Å². The molecule has 2 unspecified atom stereocenters. The van der Waals surface area contributed by atoms with E-state index in [0.29, 0.717) is 5.56 Å². The first kappa shape index (κ1) is 30.5. The van der Waals surface area contributed by atoms with Crippen LogP contribution in [0.4, 0.5) is 4.79 Å². The Balaban J connectivity index is 2.36. The van der Waals surface area contributed by atoms with Crippen molar-refractivity contribution >= 4 is 36.5 Å². The van der Waals surface area contributed by atoms with E-state index in [0.717, 1.165) is 31.2 Å². The van der Waals surface area contributed by atoms with Crippen molar-refractivity contribution in [2.45, 2.75) is 90.4 Å². The van der Waals surface area contributed by atoms with Crippen LogP contribution in [-0.2, 0) is 30.3 Å². The van der Waals surface area contributed by atoms with Gasteiger partial charge in [0.05, 0.1) is 13.0 Å². The third-order valence-electron chi connectivity index (χ3n) is 6.06. The van der Waals surface area contributed by atoms with Crippen LogP contribution in [0.15, 0.2) is 24.3 Å². The highest BCUT2D eigenvalue weighted by Gasteiger charge is 2.41. The Morgan fingerprint density at radius 2 is 1.76 bits per heavy atom. The lowest BCUT2D eigenvalue weighted by Crippen LogP contribution is -2.58. The van der Waals surface area contributed by atoms with E-state index in [1.165, 1.54) is 0 Å². The second kappa shape index (κ2) is 14.3. The third-order valence-corrected chi connectivity index (χ3v) is 6.42. The summed E-state index contributed by atoms with van der Waals surface area (Å²) in [6.45, 7) is 9.32. The molecule has 0 aromatic heterocycles. The van der Waals surface area contributed by atoms with Gasteiger partial charge >= 0.3 is 12.1 Å². The van der Waals surface area contributed by atoms with Crippen molar-refractivity contribution in [1.29, 1.82) is 0 Å². The van der Waals surface area contributed by atoms with Gasteiger partial charge in [-0.1, -0.05) is 31.2 Å². The summed E-state index contributed by atoms with van der Waals surface area (Å²) >= 11 is 4.31. The normalized spacial score (nSPS) is 15.1. The van der Waals surface area contributed by atoms with Crippen LogP contribution in [0.5, 0.6) is 0 Å². The lowest BCUT2D eigenvalue weighted by Gasteiger charge is -2.43. The first-order valence-electron chi connectivity index (χ1n) is 12.9. The van der Waals surface area contributed by atoms with E-state index >= 15 is 0 Å². The predicted molar refractivity (Wildman–Crippen MR) is 144 cm³/mol. The number of hydrogen-bond acceptors (Lipinski definition) is 7. The van der Waals surface area contributed by atoms with Gasteiger partial charge in [-0.2, -0.15) is 12.6 Å². The molecule has 10 heteroatoms. The quantitative estimate of drug-likeness (QED) is 0.279. The maximum atomic E-state index is 13.9. The maximum Gasteiger partial charge on any atom is 0.408 e. The molecule has 0 aliphatic heterocycles. The topological polar surface area (TPSA) is 114 Å². The minimum absolute atomic E-state index is 0.0257. The number of alkyl carbamates (subject to hydrolysis) is 1. The molecule has 9 nitrogen and oxygen atoms in total. The summed E-state index contributed by atoms with van der Waals surface area (Å²) in [6.07, 6.45) is 2.57. The molecular weight excluding hydrogens is 494 g/mol. The van der Waals surface area contributed by atoms with E-state index in [2.05, 4.69) is 23.3 Å². The van der Waals surface area contributed by atoms with Gasteiger partial charge in [0.2, 0.25) is 11.8 Å². The molecule has 0 radical (unpaired) electrons. The monoisotopic (exact) mass is 535 g/mol. The molecule has 1 aliphatic rings. The molecule has 2 rings (SSSR count). The fourth-order valence-corrected chi connectivity index (χ4v) is 4.24. The second-order valence-electron chi connectivity index (χ2n) is 10.1. The number of nitrogens with zero attached hydrogens (tertiary/aromatic N) is 1. The van der Waals surface area contributed by atoms with Crippen LogP contribution >= 0.6 is 12.6 Å². The van der Waals surface area contributed by atoms with Crippen LogP contribution in [0.3, 0.4) is 0 Å². The molecule has 206 valence electrons. The van der Waals surface area contributed by atoms with E-state index in [9.17, 15) is 19.2 Å². The van der Waals surface area contributed by atoms with E-state index < -0.39 is 41.6 Å². The Kier molecular flexibility index (Phi) is 11.7. The predicted octanol–water partition coefficient (Wildman–Crippen LogP) is 3.56. The Morgan fingerprint density at radius 1 is 1.11 bits per heavy atom. The van der Waals surface area contributed by atoms with Crippen molar-refractivity contribution < 1.29 is 28.7 Å². The highest BCUT2D eigenvalue weighted by atomic mass is 32.1. The zero-order valence-corrected chi connectivity index (χ0v) is 23.4. The van der Waals surface area contributed by atoms with Crippen molar-refractivity contribution in [3.05, 3.63) is 35.4 Å². The number of nitrogens with one attached hydrogen (secondary N) is 2. The molecule has 1 saturated carbocycles. The van der Waals surface area contributed by atoms with Crippen LogP contribution in [0, 0.1) is 0 Å². The summed E-state index contributed by atoms with van der Waals surface area (Å²) in [4.78, 5) is 53.2. The minimum Gasteiger partial charge on any atom is -0.466 e. The van der Waals surface area contributed by atoms with E-state index in [4.69, 9.17) is 9.47 Å². The summed E-state index contributed by atoms with van der Waals surface area (Å²) in [5.74, 6) is -1.18. The molecule has 2 N–H and O–H groups in total. The zero-order chi connectivity index (χ0) is 27.6. The number of esters is 1. The molecule has 0 heterocycles. The van der Waals surface area contributed by atoms with Gasteiger partial charge in [0.25, 0.3) is 0 Å². The Bertz CT molecular complexity index is 927. The Labute approximate surface area is 225 Å². The van der Waals surface area contributed by atoms with Gasteiger partial charge in [-0.3, -0.25) is 14.4 Å². The smallest absolute Gasteiger partial charge is 0.408 e. The van der Waals surface area contributed by atoms with Gasteiger partial charge in [-0.05, 0) is 64.5 Å². The summed E-state index contributed by atoms with van der Waals surface area (Å²) < 4.78 is 10.3. The summed E-state index contributed by atoms with van der Waals surface area (Å²) in [5, 5.41) is 5.42. The van der Waals surface area contributed by atoms with Crippen molar-refractivity contribution in [1.82, 2.24) is 15.5 Å². The fraction of sp³-hybridized carbons (Fsp3) is 0.630. The SMILES string of the molecule is CCOC(=O)CCNC(=O)C(c1ccc(CC)cc1)N(C(=O)C(CS)NC(=O)OC(C)(C)C)C1CCC1. The first-order valence-corrected chi connectivity index (χ1v) is 13.6. The standard InChI is InChI=1S/C27H41N3O6S/c1-6-18-11-13-19(14-12-18)23(24(32)28-16-15-22(31)35-7-2)30(20-9-8-10-20)25(33)21(17-37)29-26(34)36-27(3,4)5/h11-14,20-21,23,37H,6-10,15-17H2,1-5H3,(H,28,32)(H,29,34). The average molecular weight is 536 g/mol. The van der Waals surface area contributed by atoms with Gasteiger partial charge < -0.3 is 25.0 Å². The van der Waals surface area contributed by atoms with Crippen LogP contribution in [0.25, 0.3) is 0 Å². The molecule has 2 atom stereocenters. The molecule has 1 fully saturated rings. The van der Waals surface area contributed by atoms with Crippen molar-refractivity contribution in [2.24, 2.45) is 0 Å². The van der Waals surface area contributed by atoms with Gasteiger partial charge in [0, 0.05) is 18.3 Å². The average Bonchev–Trinajstić information content (AvgIpc) is 2.80. The molecule has 0 bridgehead atoms. The highest BCUT2D eigenvalue weighted by Crippen LogP contribution is 2.34. The van der Waals surface area contributed by atoms with Gasteiger partial charge in [-0.25, -0.2) is 4.79 Å². The van der Waals surface area contributed by atoms with Gasteiger partial charge in [-0.15, -0.1) is 0 Å².